The van der Waals surface area contributed by atoms with Crippen LogP contribution in [-0.4, -0.2) is 21.0 Å². The summed E-state index contributed by atoms with van der Waals surface area (Å²) in [6.07, 6.45) is 0.897. The SMILES string of the molecule is CC(NC(=O)Nc1ccc(S(=O)(=O)Cc2ccc3c(c2)CCN3)cc1)c1cccc(Cl)c1Cl. The van der Waals surface area contributed by atoms with Crippen LogP contribution in [0.3, 0.4) is 0 Å². The second kappa shape index (κ2) is 9.63. The van der Waals surface area contributed by atoms with Crippen molar-refractivity contribution in [2.45, 2.75) is 30.0 Å². The number of amides is 2. The molecule has 1 aliphatic heterocycles. The van der Waals surface area contributed by atoms with Crippen LogP contribution in [0.2, 0.25) is 10.0 Å². The highest BCUT2D eigenvalue weighted by atomic mass is 35.5. The molecule has 0 aliphatic carbocycles. The van der Waals surface area contributed by atoms with Gasteiger partial charge < -0.3 is 16.0 Å². The normalized spacial score (nSPS) is 13.7. The maximum atomic E-state index is 12.9. The van der Waals surface area contributed by atoms with Crippen molar-refractivity contribution in [1.29, 1.82) is 0 Å². The maximum Gasteiger partial charge on any atom is 0.319 e. The summed E-state index contributed by atoms with van der Waals surface area (Å²) in [6, 6.07) is 16.2. The Hall–Kier alpha value is -2.74. The van der Waals surface area contributed by atoms with Gasteiger partial charge in [-0.1, -0.05) is 47.5 Å². The van der Waals surface area contributed by atoms with Crippen molar-refractivity contribution in [2.75, 3.05) is 17.2 Å². The molecule has 0 radical (unpaired) electrons. The Kier molecular flexibility index (Phi) is 6.83. The van der Waals surface area contributed by atoms with Gasteiger partial charge in [0.2, 0.25) is 0 Å². The number of rotatable bonds is 6. The molecule has 1 unspecified atom stereocenters. The summed E-state index contributed by atoms with van der Waals surface area (Å²) in [5.41, 5.74) is 4.13. The molecule has 6 nitrogen and oxygen atoms in total. The van der Waals surface area contributed by atoms with Crippen LogP contribution < -0.4 is 16.0 Å². The fourth-order valence-corrected chi connectivity index (χ4v) is 5.60. The molecule has 0 bridgehead atoms. The van der Waals surface area contributed by atoms with E-state index in [0.29, 0.717) is 21.3 Å². The number of hydrogen-bond donors (Lipinski definition) is 3. The molecule has 4 rings (SSSR count). The van der Waals surface area contributed by atoms with Gasteiger partial charge in [0.1, 0.15) is 0 Å². The summed E-state index contributed by atoms with van der Waals surface area (Å²) in [6.45, 7) is 2.67. The van der Waals surface area contributed by atoms with E-state index in [9.17, 15) is 13.2 Å². The predicted molar refractivity (Wildman–Crippen MR) is 133 cm³/mol. The van der Waals surface area contributed by atoms with Crippen molar-refractivity contribution in [1.82, 2.24) is 5.32 Å². The Morgan fingerprint density at radius 1 is 1.09 bits per heavy atom. The molecule has 1 heterocycles. The van der Waals surface area contributed by atoms with Crippen LogP contribution in [0.5, 0.6) is 0 Å². The van der Waals surface area contributed by atoms with Crippen molar-refractivity contribution in [3.05, 3.63) is 87.4 Å². The molecule has 3 N–H and O–H groups in total. The van der Waals surface area contributed by atoms with Gasteiger partial charge >= 0.3 is 6.03 Å². The Balaban J connectivity index is 1.39. The number of nitrogens with one attached hydrogen (secondary N) is 3. The van der Waals surface area contributed by atoms with Crippen LogP contribution in [0.1, 0.15) is 29.7 Å². The molecule has 3 aromatic rings. The van der Waals surface area contributed by atoms with E-state index in [4.69, 9.17) is 23.2 Å². The van der Waals surface area contributed by atoms with Crippen LogP contribution in [0.4, 0.5) is 16.2 Å². The predicted octanol–water partition coefficient (Wildman–Crippen LogP) is 5.82. The van der Waals surface area contributed by atoms with Gasteiger partial charge in [-0.2, -0.15) is 0 Å². The lowest BCUT2D eigenvalue weighted by Gasteiger charge is -2.17. The van der Waals surface area contributed by atoms with Gasteiger partial charge in [-0.05, 0) is 66.4 Å². The number of carbonyl (C=O) groups is 1. The number of sulfone groups is 1. The Labute approximate surface area is 203 Å². The van der Waals surface area contributed by atoms with Gasteiger partial charge in [0.25, 0.3) is 0 Å². The zero-order valence-electron chi connectivity index (χ0n) is 17.9. The van der Waals surface area contributed by atoms with Gasteiger partial charge in [0.05, 0.1) is 26.7 Å². The van der Waals surface area contributed by atoms with E-state index in [1.54, 1.807) is 37.3 Å². The van der Waals surface area contributed by atoms with E-state index in [0.717, 1.165) is 29.8 Å². The highest BCUT2D eigenvalue weighted by molar-refractivity contribution is 7.90. The molecule has 0 spiro atoms. The zero-order valence-corrected chi connectivity index (χ0v) is 20.2. The first kappa shape index (κ1) is 23.4. The van der Waals surface area contributed by atoms with Crippen molar-refractivity contribution in [3.8, 4) is 0 Å². The maximum absolute atomic E-state index is 12.9. The second-order valence-corrected chi connectivity index (χ2v) is 10.7. The first-order valence-electron chi connectivity index (χ1n) is 10.4. The lowest BCUT2D eigenvalue weighted by Crippen LogP contribution is -2.31. The van der Waals surface area contributed by atoms with Crippen molar-refractivity contribution >= 4 is 50.4 Å². The minimum absolute atomic E-state index is 0.0779. The minimum atomic E-state index is -3.52. The smallest absolute Gasteiger partial charge is 0.319 e. The van der Waals surface area contributed by atoms with E-state index >= 15 is 0 Å². The molecule has 1 atom stereocenters. The number of urea groups is 1. The van der Waals surface area contributed by atoms with E-state index in [-0.39, 0.29) is 16.7 Å². The third-order valence-electron chi connectivity index (χ3n) is 5.50. The third-order valence-corrected chi connectivity index (χ3v) is 8.04. The number of hydrogen-bond acceptors (Lipinski definition) is 4. The fourth-order valence-electron chi connectivity index (χ4n) is 3.79. The van der Waals surface area contributed by atoms with Crippen LogP contribution in [-0.2, 0) is 22.0 Å². The van der Waals surface area contributed by atoms with Crippen molar-refractivity contribution < 1.29 is 13.2 Å². The van der Waals surface area contributed by atoms with Gasteiger partial charge in [-0.3, -0.25) is 0 Å². The molecule has 2 amide bonds. The van der Waals surface area contributed by atoms with Gasteiger partial charge in [-0.25, -0.2) is 13.2 Å². The van der Waals surface area contributed by atoms with Crippen molar-refractivity contribution in [2.24, 2.45) is 0 Å². The van der Waals surface area contributed by atoms with Crippen molar-refractivity contribution in [3.63, 3.8) is 0 Å². The lowest BCUT2D eigenvalue weighted by atomic mass is 10.1. The number of benzene rings is 3. The van der Waals surface area contributed by atoms with Gasteiger partial charge in [0.15, 0.2) is 9.84 Å². The molecule has 33 heavy (non-hydrogen) atoms. The van der Waals surface area contributed by atoms with Crippen LogP contribution >= 0.6 is 23.2 Å². The topological polar surface area (TPSA) is 87.3 Å². The molecular formula is C24H23Cl2N3O3S. The zero-order chi connectivity index (χ0) is 23.6. The average molecular weight is 504 g/mol. The summed E-state index contributed by atoms with van der Waals surface area (Å²) in [5, 5.41) is 9.57. The average Bonchev–Trinajstić information content (AvgIpc) is 3.23. The molecule has 1 aliphatic rings. The summed E-state index contributed by atoms with van der Waals surface area (Å²) < 4.78 is 25.7. The Morgan fingerprint density at radius 3 is 2.61 bits per heavy atom. The van der Waals surface area contributed by atoms with E-state index < -0.39 is 15.9 Å². The summed E-state index contributed by atoms with van der Waals surface area (Å²) in [7, 11) is -3.52. The Morgan fingerprint density at radius 2 is 1.85 bits per heavy atom. The molecular weight excluding hydrogens is 481 g/mol. The molecule has 172 valence electrons. The number of fused-ring (bicyclic) bond motifs is 1. The molecule has 3 aromatic carbocycles. The number of carbonyl (C=O) groups excluding carboxylic acids is 1. The Bertz CT molecular complexity index is 1290. The fraction of sp³-hybridized carbons (Fsp3) is 0.208. The second-order valence-electron chi connectivity index (χ2n) is 7.91. The minimum Gasteiger partial charge on any atom is -0.384 e. The summed E-state index contributed by atoms with van der Waals surface area (Å²) in [5.74, 6) is -0.0779. The van der Waals surface area contributed by atoms with Gasteiger partial charge in [0, 0.05) is 17.9 Å². The monoisotopic (exact) mass is 503 g/mol. The summed E-state index contributed by atoms with van der Waals surface area (Å²) >= 11 is 12.3. The molecule has 0 saturated carbocycles. The van der Waals surface area contributed by atoms with Gasteiger partial charge in [-0.15, -0.1) is 0 Å². The van der Waals surface area contributed by atoms with Crippen LogP contribution in [0.15, 0.2) is 65.6 Å². The van der Waals surface area contributed by atoms with Crippen LogP contribution in [0.25, 0.3) is 0 Å². The quantitative estimate of drug-likeness (QED) is 0.395. The van der Waals surface area contributed by atoms with E-state index in [2.05, 4.69) is 16.0 Å². The molecule has 0 saturated heterocycles. The first-order chi connectivity index (χ1) is 15.7. The largest absolute Gasteiger partial charge is 0.384 e. The highest BCUT2D eigenvalue weighted by Gasteiger charge is 2.18. The van der Waals surface area contributed by atoms with Crippen LogP contribution in [0, 0.1) is 0 Å². The third kappa shape index (κ3) is 5.43. The standard InChI is InChI=1S/C24H23Cl2N3O3S/c1-15(20-3-2-4-21(25)23(20)26)28-24(30)29-18-6-8-19(9-7-18)33(31,32)14-16-5-10-22-17(13-16)11-12-27-22/h2-10,13,15,27H,11-12,14H2,1H3,(H2,28,29,30). The number of anilines is 2. The van der Waals surface area contributed by atoms with E-state index in [1.165, 1.54) is 12.1 Å². The first-order valence-corrected chi connectivity index (χ1v) is 12.8. The lowest BCUT2D eigenvalue weighted by molar-refractivity contribution is 0.249. The highest BCUT2D eigenvalue weighted by Crippen LogP contribution is 2.30. The summed E-state index contributed by atoms with van der Waals surface area (Å²) in [4.78, 5) is 12.6. The number of halogens is 2. The van der Waals surface area contributed by atoms with E-state index in [1.807, 2.05) is 18.2 Å². The molecule has 0 aromatic heterocycles. The molecule has 9 heteroatoms. The molecule has 0 fully saturated rings.